The Balaban J connectivity index is 1.29. The summed E-state index contributed by atoms with van der Waals surface area (Å²) in [6, 6.07) is 8.25. The largest absolute Gasteiger partial charge is 0.362 e. The van der Waals surface area contributed by atoms with Gasteiger partial charge in [0.25, 0.3) is 5.91 Å². The summed E-state index contributed by atoms with van der Waals surface area (Å²) in [6.07, 6.45) is 9.34. The van der Waals surface area contributed by atoms with Crippen molar-refractivity contribution in [3.63, 3.8) is 0 Å². The number of nitrogens with zero attached hydrogens (tertiary/aromatic N) is 4. The fraction of sp³-hybridized carbons (Fsp3) is 0.273. The van der Waals surface area contributed by atoms with Crippen LogP contribution in [-0.2, 0) is 0 Å². The van der Waals surface area contributed by atoms with Gasteiger partial charge in [-0.2, -0.15) is 5.10 Å². The van der Waals surface area contributed by atoms with Gasteiger partial charge in [0, 0.05) is 18.1 Å². The number of benzene rings is 1. The molecule has 1 saturated carbocycles. The predicted octanol–water partition coefficient (Wildman–Crippen LogP) is 4.22. The van der Waals surface area contributed by atoms with Crippen molar-refractivity contribution < 1.29 is 4.79 Å². The normalized spacial score (nSPS) is 14.6. The van der Waals surface area contributed by atoms with Gasteiger partial charge in [-0.3, -0.25) is 9.48 Å². The minimum absolute atomic E-state index is 0.00883. The molecule has 1 atom stereocenters. The van der Waals surface area contributed by atoms with Gasteiger partial charge < -0.3 is 15.6 Å². The summed E-state index contributed by atoms with van der Waals surface area (Å²) in [5, 5.41) is 10.6. The van der Waals surface area contributed by atoms with Crippen molar-refractivity contribution >= 4 is 28.6 Å². The second kappa shape index (κ2) is 7.29. The van der Waals surface area contributed by atoms with Crippen LogP contribution in [0.3, 0.4) is 0 Å². The number of aromatic amines is 1. The molecule has 8 heteroatoms. The van der Waals surface area contributed by atoms with Crippen LogP contribution in [0.4, 0.5) is 11.5 Å². The molecule has 0 spiro atoms. The smallest absolute Gasteiger partial charge is 0.258 e. The van der Waals surface area contributed by atoms with Gasteiger partial charge in [-0.1, -0.05) is 12.1 Å². The number of rotatable bonds is 6. The number of fused-ring (bicyclic) bond motifs is 1. The van der Waals surface area contributed by atoms with E-state index < -0.39 is 0 Å². The summed E-state index contributed by atoms with van der Waals surface area (Å²) >= 11 is 0. The molecule has 1 aromatic carbocycles. The Morgan fingerprint density at radius 2 is 2.17 bits per heavy atom. The number of H-pyrrole nitrogens is 1. The molecule has 0 saturated heterocycles. The van der Waals surface area contributed by atoms with Gasteiger partial charge in [-0.05, 0) is 49.9 Å². The Morgan fingerprint density at radius 1 is 1.30 bits per heavy atom. The molecule has 1 fully saturated rings. The highest BCUT2D eigenvalue weighted by Crippen LogP contribution is 2.34. The van der Waals surface area contributed by atoms with Gasteiger partial charge in [0.15, 0.2) is 5.65 Å². The van der Waals surface area contributed by atoms with E-state index in [-0.39, 0.29) is 11.9 Å². The first-order chi connectivity index (χ1) is 14.6. The maximum Gasteiger partial charge on any atom is 0.258 e. The Kier molecular flexibility index (Phi) is 4.46. The molecule has 1 aliphatic rings. The van der Waals surface area contributed by atoms with Gasteiger partial charge >= 0.3 is 0 Å². The van der Waals surface area contributed by atoms with Crippen molar-refractivity contribution in [1.82, 2.24) is 24.7 Å². The van der Waals surface area contributed by atoms with Crippen LogP contribution in [0, 0.1) is 6.92 Å². The van der Waals surface area contributed by atoms with Crippen molar-refractivity contribution in [2.24, 2.45) is 0 Å². The average molecular weight is 401 g/mol. The molecule has 4 aromatic rings. The summed E-state index contributed by atoms with van der Waals surface area (Å²) in [5.74, 6) is 0.554. The van der Waals surface area contributed by atoms with Crippen LogP contribution >= 0.6 is 0 Å². The molecule has 0 aliphatic heterocycles. The Bertz CT molecular complexity index is 1220. The molecule has 0 bridgehead atoms. The molecule has 3 heterocycles. The number of aryl methyl sites for hydroxylation is 1. The number of nitrogens with one attached hydrogen (secondary N) is 3. The van der Waals surface area contributed by atoms with Gasteiger partial charge in [-0.25, -0.2) is 9.97 Å². The van der Waals surface area contributed by atoms with Crippen molar-refractivity contribution in [2.75, 3.05) is 10.6 Å². The topological polar surface area (TPSA) is 101 Å². The lowest BCUT2D eigenvalue weighted by Crippen LogP contribution is -2.12. The molecule has 3 N–H and O–H groups in total. The number of hydrogen-bond donors (Lipinski definition) is 3. The Morgan fingerprint density at radius 3 is 3.00 bits per heavy atom. The van der Waals surface area contributed by atoms with E-state index in [1.54, 1.807) is 12.4 Å². The molecular weight excluding hydrogens is 378 g/mol. The van der Waals surface area contributed by atoms with Crippen molar-refractivity contribution in [3.8, 4) is 0 Å². The average Bonchev–Trinajstić information content (AvgIpc) is 3.36. The molecular formula is C22H23N7O. The first kappa shape index (κ1) is 18.4. The van der Waals surface area contributed by atoms with E-state index >= 15 is 0 Å². The van der Waals surface area contributed by atoms with Gasteiger partial charge in [0.1, 0.15) is 11.3 Å². The molecule has 152 valence electrons. The first-order valence-electron chi connectivity index (χ1n) is 10.1. The molecule has 3 aromatic heterocycles. The van der Waals surface area contributed by atoms with Crippen LogP contribution < -0.4 is 10.6 Å². The van der Waals surface area contributed by atoms with Crippen molar-refractivity contribution in [1.29, 1.82) is 0 Å². The zero-order valence-corrected chi connectivity index (χ0v) is 16.9. The monoisotopic (exact) mass is 401 g/mol. The minimum Gasteiger partial charge on any atom is -0.362 e. The summed E-state index contributed by atoms with van der Waals surface area (Å²) in [6.45, 7) is 4.05. The van der Waals surface area contributed by atoms with E-state index in [2.05, 4.69) is 37.6 Å². The third-order valence-corrected chi connectivity index (χ3v) is 5.36. The van der Waals surface area contributed by atoms with Crippen molar-refractivity contribution in [3.05, 3.63) is 65.7 Å². The summed E-state index contributed by atoms with van der Waals surface area (Å²) < 4.78 is 1.88. The molecule has 1 amide bonds. The van der Waals surface area contributed by atoms with E-state index in [0.717, 1.165) is 40.8 Å². The zero-order valence-electron chi connectivity index (χ0n) is 16.9. The van der Waals surface area contributed by atoms with Gasteiger partial charge in [0.2, 0.25) is 0 Å². The van der Waals surface area contributed by atoms with Crippen LogP contribution in [0.1, 0.15) is 53.3 Å². The van der Waals surface area contributed by atoms with Crippen LogP contribution in [0.15, 0.2) is 49.1 Å². The fourth-order valence-electron chi connectivity index (χ4n) is 3.47. The summed E-state index contributed by atoms with van der Waals surface area (Å²) in [7, 11) is 0. The van der Waals surface area contributed by atoms with E-state index in [1.807, 2.05) is 48.3 Å². The first-order valence-corrected chi connectivity index (χ1v) is 10.1. The minimum atomic E-state index is -0.154. The highest BCUT2D eigenvalue weighted by Gasteiger charge is 2.25. The van der Waals surface area contributed by atoms with Crippen LogP contribution in [0.25, 0.3) is 11.2 Å². The number of amides is 1. The number of aromatic nitrogens is 5. The standard InChI is InChI=1S/C22H23N7O/c1-13-9-23-21-20(13)28-19(11-24-21)26-14(2)15-4-3-5-17(8-15)27-22(30)16-10-25-29(12-16)18-6-7-18/h3-5,8-12,14,18H,6-7H2,1-2H3,(H,23,24)(H,26,28)(H,27,30)/t14-/m0/s1. The number of carbonyl (C=O) groups is 1. The SMILES string of the molecule is Cc1c[nH]c2ncc(N[C@@H](C)c3cccc(NC(=O)c4cnn(C5CC5)c4)c3)nc12. The lowest BCUT2D eigenvalue weighted by Gasteiger charge is -2.16. The number of carbonyl (C=O) groups excluding carboxylic acids is 1. The maximum atomic E-state index is 12.6. The Labute approximate surface area is 173 Å². The second-order valence-electron chi connectivity index (χ2n) is 7.81. The van der Waals surface area contributed by atoms with Crippen LogP contribution in [-0.4, -0.2) is 30.6 Å². The highest BCUT2D eigenvalue weighted by atomic mass is 16.1. The van der Waals surface area contributed by atoms with E-state index in [9.17, 15) is 4.79 Å². The summed E-state index contributed by atoms with van der Waals surface area (Å²) in [5.41, 5.74) is 5.05. The quantitative estimate of drug-likeness (QED) is 0.449. The van der Waals surface area contributed by atoms with Crippen LogP contribution in [0.2, 0.25) is 0 Å². The lowest BCUT2D eigenvalue weighted by atomic mass is 10.1. The molecule has 8 nitrogen and oxygen atoms in total. The van der Waals surface area contributed by atoms with Gasteiger partial charge in [-0.15, -0.1) is 0 Å². The fourth-order valence-corrected chi connectivity index (χ4v) is 3.47. The van der Waals surface area contributed by atoms with E-state index in [4.69, 9.17) is 0 Å². The molecule has 0 radical (unpaired) electrons. The van der Waals surface area contributed by atoms with Gasteiger partial charge in [0.05, 0.1) is 30.0 Å². The predicted molar refractivity (Wildman–Crippen MR) is 116 cm³/mol. The van der Waals surface area contributed by atoms with E-state index in [1.165, 1.54) is 0 Å². The van der Waals surface area contributed by atoms with E-state index in [0.29, 0.717) is 17.4 Å². The third kappa shape index (κ3) is 3.63. The maximum absolute atomic E-state index is 12.6. The zero-order chi connectivity index (χ0) is 20.7. The summed E-state index contributed by atoms with van der Waals surface area (Å²) in [4.78, 5) is 24.7. The second-order valence-corrected chi connectivity index (χ2v) is 7.81. The number of anilines is 2. The molecule has 30 heavy (non-hydrogen) atoms. The number of hydrogen-bond acceptors (Lipinski definition) is 5. The molecule has 5 rings (SSSR count). The lowest BCUT2D eigenvalue weighted by molar-refractivity contribution is 0.102. The third-order valence-electron chi connectivity index (χ3n) is 5.36. The van der Waals surface area contributed by atoms with Crippen LogP contribution in [0.5, 0.6) is 0 Å². The Hall–Kier alpha value is -3.68. The highest BCUT2D eigenvalue weighted by molar-refractivity contribution is 6.04. The molecule has 1 aliphatic carbocycles. The van der Waals surface area contributed by atoms with Crippen molar-refractivity contribution in [2.45, 2.75) is 38.8 Å². The molecule has 0 unspecified atom stereocenters.